The van der Waals surface area contributed by atoms with Gasteiger partial charge in [-0.1, -0.05) is 18.2 Å². The number of amides is 1. The third kappa shape index (κ3) is 3.08. The Kier molecular flexibility index (Phi) is 4.20. The normalized spacial score (nSPS) is 12.3. The van der Waals surface area contributed by atoms with Gasteiger partial charge in [0.15, 0.2) is 0 Å². The van der Waals surface area contributed by atoms with Gasteiger partial charge < -0.3 is 9.73 Å². The summed E-state index contributed by atoms with van der Waals surface area (Å²) in [7, 11) is 0. The summed E-state index contributed by atoms with van der Waals surface area (Å²) in [4.78, 5) is 24.7. The van der Waals surface area contributed by atoms with Gasteiger partial charge in [-0.15, -0.1) is 0 Å². The molecule has 1 N–H and O–H groups in total. The summed E-state index contributed by atoms with van der Waals surface area (Å²) in [5, 5.41) is 8.43. The molecule has 1 aromatic carbocycles. The minimum absolute atomic E-state index is 0.130. The molecule has 2 aromatic heterocycles. The highest BCUT2D eigenvalue weighted by Gasteiger charge is 2.15. The second-order valence-corrected chi connectivity index (χ2v) is 5.83. The van der Waals surface area contributed by atoms with Crippen molar-refractivity contribution in [3.8, 4) is 0 Å². The largest absolute Gasteiger partial charge is 0.464 e. The van der Waals surface area contributed by atoms with Crippen LogP contribution in [0.4, 0.5) is 0 Å². The molecule has 3 aromatic rings. The van der Waals surface area contributed by atoms with E-state index in [0.29, 0.717) is 16.8 Å². The maximum atomic E-state index is 12.5. The van der Waals surface area contributed by atoms with Crippen LogP contribution in [0.1, 0.15) is 30.2 Å². The van der Waals surface area contributed by atoms with Gasteiger partial charge in [0.1, 0.15) is 18.1 Å². The van der Waals surface area contributed by atoms with Crippen molar-refractivity contribution < 1.29 is 9.21 Å². The molecule has 1 atom stereocenters. The number of carbonyl (C=O) groups is 1. The fourth-order valence-corrected chi connectivity index (χ4v) is 2.69. The molecule has 0 saturated heterocycles. The maximum Gasteiger partial charge on any atom is 0.275 e. The van der Waals surface area contributed by atoms with Crippen LogP contribution in [0.15, 0.2) is 45.6 Å². The number of nitrogens with zero attached hydrogens (tertiary/aromatic N) is 2. The van der Waals surface area contributed by atoms with E-state index in [-0.39, 0.29) is 24.1 Å². The number of hydrogen-bond donors (Lipinski definition) is 1. The molecule has 1 amide bonds. The molecule has 6 heteroatoms. The van der Waals surface area contributed by atoms with Gasteiger partial charge in [-0.2, -0.15) is 5.10 Å². The molecule has 0 saturated carbocycles. The Hall–Kier alpha value is -2.89. The molecule has 0 spiro atoms. The van der Waals surface area contributed by atoms with Crippen LogP contribution in [0.2, 0.25) is 0 Å². The monoisotopic (exact) mass is 325 g/mol. The Labute approximate surface area is 139 Å². The SMILES string of the molecule is Cc1ccc(C(C)NC(=O)Cn2nc(C)c3ccccc3c2=O)o1. The van der Waals surface area contributed by atoms with Crippen LogP contribution in [0, 0.1) is 13.8 Å². The average molecular weight is 325 g/mol. The van der Waals surface area contributed by atoms with Crippen molar-refractivity contribution in [3.63, 3.8) is 0 Å². The maximum absolute atomic E-state index is 12.5. The van der Waals surface area contributed by atoms with E-state index in [2.05, 4.69) is 10.4 Å². The standard InChI is InChI=1S/C18H19N3O3/c1-11-8-9-16(24-11)13(3)19-17(22)10-21-18(23)15-7-5-4-6-14(15)12(2)20-21/h4-9,13H,10H2,1-3H3,(H,19,22). The van der Waals surface area contributed by atoms with E-state index in [1.165, 1.54) is 4.68 Å². The third-order valence-corrected chi connectivity index (χ3v) is 3.91. The van der Waals surface area contributed by atoms with Gasteiger partial charge in [0, 0.05) is 5.39 Å². The Morgan fingerprint density at radius 3 is 2.58 bits per heavy atom. The van der Waals surface area contributed by atoms with Gasteiger partial charge in [0.2, 0.25) is 5.91 Å². The van der Waals surface area contributed by atoms with Crippen molar-refractivity contribution in [1.29, 1.82) is 0 Å². The van der Waals surface area contributed by atoms with Crippen LogP contribution in [-0.2, 0) is 11.3 Å². The molecule has 1 unspecified atom stereocenters. The summed E-state index contributed by atoms with van der Waals surface area (Å²) in [6.07, 6.45) is 0. The first-order valence-electron chi connectivity index (χ1n) is 7.78. The van der Waals surface area contributed by atoms with Crippen LogP contribution in [0.5, 0.6) is 0 Å². The molecule has 0 bridgehead atoms. The summed E-state index contributed by atoms with van der Waals surface area (Å²) in [5.74, 6) is 1.17. The van der Waals surface area contributed by atoms with E-state index in [4.69, 9.17) is 4.42 Å². The number of nitrogens with one attached hydrogen (secondary N) is 1. The highest BCUT2D eigenvalue weighted by molar-refractivity contribution is 5.83. The van der Waals surface area contributed by atoms with Gasteiger partial charge in [-0.3, -0.25) is 9.59 Å². The Balaban J connectivity index is 1.81. The first-order chi connectivity index (χ1) is 11.5. The zero-order valence-electron chi connectivity index (χ0n) is 13.9. The fraction of sp³-hybridized carbons (Fsp3) is 0.278. The van der Waals surface area contributed by atoms with Crippen molar-refractivity contribution in [3.05, 3.63) is 64.0 Å². The molecule has 0 radical (unpaired) electrons. The minimum atomic E-state index is -0.291. The smallest absolute Gasteiger partial charge is 0.275 e. The van der Waals surface area contributed by atoms with Crippen molar-refractivity contribution in [2.24, 2.45) is 0 Å². The molecular weight excluding hydrogens is 306 g/mol. The number of aromatic nitrogens is 2. The third-order valence-electron chi connectivity index (χ3n) is 3.91. The number of rotatable bonds is 4. The topological polar surface area (TPSA) is 77.1 Å². The zero-order valence-corrected chi connectivity index (χ0v) is 13.9. The number of hydrogen-bond acceptors (Lipinski definition) is 4. The van der Waals surface area contributed by atoms with Gasteiger partial charge in [0.25, 0.3) is 5.56 Å². The zero-order chi connectivity index (χ0) is 17.3. The number of carbonyl (C=O) groups excluding carboxylic acids is 1. The van der Waals surface area contributed by atoms with E-state index in [1.54, 1.807) is 12.1 Å². The van der Waals surface area contributed by atoms with Gasteiger partial charge in [-0.25, -0.2) is 4.68 Å². The van der Waals surface area contributed by atoms with Crippen LogP contribution in [0.3, 0.4) is 0 Å². The summed E-state index contributed by atoms with van der Waals surface area (Å²) in [6, 6.07) is 10.7. The van der Waals surface area contributed by atoms with E-state index in [1.807, 2.05) is 45.0 Å². The Morgan fingerprint density at radius 1 is 1.21 bits per heavy atom. The quantitative estimate of drug-likeness (QED) is 0.799. The molecule has 2 heterocycles. The number of furan rings is 1. The molecular formula is C18H19N3O3. The number of fused-ring (bicyclic) bond motifs is 1. The lowest BCUT2D eigenvalue weighted by Crippen LogP contribution is -2.35. The van der Waals surface area contributed by atoms with E-state index < -0.39 is 0 Å². The van der Waals surface area contributed by atoms with Crippen LogP contribution >= 0.6 is 0 Å². The van der Waals surface area contributed by atoms with E-state index in [9.17, 15) is 9.59 Å². The van der Waals surface area contributed by atoms with Crippen molar-refractivity contribution in [2.75, 3.05) is 0 Å². The summed E-state index contributed by atoms with van der Waals surface area (Å²) >= 11 is 0. The minimum Gasteiger partial charge on any atom is -0.464 e. The molecule has 0 aliphatic heterocycles. The molecule has 0 aliphatic rings. The first-order valence-corrected chi connectivity index (χ1v) is 7.78. The first kappa shape index (κ1) is 16.0. The van der Waals surface area contributed by atoms with E-state index >= 15 is 0 Å². The second kappa shape index (κ2) is 6.31. The van der Waals surface area contributed by atoms with Crippen LogP contribution in [0.25, 0.3) is 10.8 Å². The van der Waals surface area contributed by atoms with E-state index in [0.717, 1.165) is 11.1 Å². The second-order valence-electron chi connectivity index (χ2n) is 5.83. The molecule has 24 heavy (non-hydrogen) atoms. The lowest BCUT2D eigenvalue weighted by atomic mass is 10.1. The van der Waals surface area contributed by atoms with Crippen LogP contribution < -0.4 is 10.9 Å². The molecule has 6 nitrogen and oxygen atoms in total. The average Bonchev–Trinajstić information content (AvgIpc) is 2.99. The number of benzene rings is 1. The lowest BCUT2D eigenvalue weighted by molar-refractivity contribution is -0.122. The molecule has 3 rings (SSSR count). The Morgan fingerprint density at radius 2 is 1.92 bits per heavy atom. The van der Waals surface area contributed by atoms with Crippen molar-refractivity contribution >= 4 is 16.7 Å². The van der Waals surface area contributed by atoms with Crippen molar-refractivity contribution in [1.82, 2.24) is 15.1 Å². The molecule has 0 fully saturated rings. The highest BCUT2D eigenvalue weighted by atomic mass is 16.3. The Bertz CT molecular complexity index is 956. The predicted molar refractivity (Wildman–Crippen MR) is 90.7 cm³/mol. The summed E-state index contributed by atoms with van der Waals surface area (Å²) in [6.45, 7) is 5.37. The van der Waals surface area contributed by atoms with Crippen LogP contribution in [-0.4, -0.2) is 15.7 Å². The summed E-state index contributed by atoms with van der Waals surface area (Å²) in [5.41, 5.74) is 0.445. The highest BCUT2D eigenvalue weighted by Crippen LogP contribution is 2.15. The lowest BCUT2D eigenvalue weighted by Gasteiger charge is -2.13. The van der Waals surface area contributed by atoms with Gasteiger partial charge >= 0.3 is 0 Å². The predicted octanol–water partition coefficient (Wildman–Crippen LogP) is 2.48. The molecule has 0 aliphatic carbocycles. The summed E-state index contributed by atoms with van der Waals surface area (Å²) < 4.78 is 6.70. The van der Waals surface area contributed by atoms with Crippen molar-refractivity contribution in [2.45, 2.75) is 33.4 Å². The van der Waals surface area contributed by atoms with Gasteiger partial charge in [-0.05, 0) is 39.0 Å². The van der Waals surface area contributed by atoms with Gasteiger partial charge in [0.05, 0.1) is 17.1 Å². The number of aryl methyl sites for hydroxylation is 2. The fourth-order valence-electron chi connectivity index (χ4n) is 2.69. The molecule has 124 valence electrons.